The van der Waals surface area contributed by atoms with E-state index in [-0.39, 0.29) is 17.6 Å². The number of hydrogen-bond acceptors (Lipinski definition) is 7. The molecule has 8 nitrogen and oxygen atoms in total. The number of nitrogens with two attached hydrogens (primary N) is 1. The van der Waals surface area contributed by atoms with Gasteiger partial charge in [-0.15, -0.1) is 0 Å². The van der Waals surface area contributed by atoms with E-state index < -0.39 is 17.3 Å². The largest absolute Gasteiger partial charge is 0.444 e. The summed E-state index contributed by atoms with van der Waals surface area (Å²) in [6.45, 7) is 9.16. The molecule has 4 rings (SSSR count). The third kappa shape index (κ3) is 5.23. The second-order valence-electron chi connectivity index (χ2n) is 9.47. The van der Waals surface area contributed by atoms with Gasteiger partial charge in [-0.3, -0.25) is 0 Å². The molecule has 1 amide bonds. The zero-order valence-corrected chi connectivity index (χ0v) is 20.0. The third-order valence-electron chi connectivity index (χ3n) is 5.67. The lowest BCUT2D eigenvalue weighted by molar-refractivity contribution is -0.137. The maximum Gasteiger partial charge on any atom is 0.418 e. The Bertz CT molecular complexity index is 1260. The molecule has 0 unspecified atom stereocenters. The molecule has 0 saturated carbocycles. The van der Waals surface area contributed by atoms with E-state index in [9.17, 15) is 18.0 Å². The van der Waals surface area contributed by atoms with Crippen molar-refractivity contribution in [3.63, 3.8) is 0 Å². The van der Waals surface area contributed by atoms with Crippen LogP contribution >= 0.6 is 0 Å². The van der Waals surface area contributed by atoms with Gasteiger partial charge in [0.2, 0.25) is 0 Å². The number of fused-ring (bicyclic) bond motifs is 1. The number of pyridine rings is 1. The van der Waals surface area contributed by atoms with Crippen LogP contribution in [0.4, 0.5) is 29.6 Å². The molecule has 1 aromatic carbocycles. The Labute approximate surface area is 200 Å². The minimum Gasteiger partial charge on any atom is -0.444 e. The van der Waals surface area contributed by atoms with Crippen molar-refractivity contribution in [3.8, 4) is 11.3 Å². The minimum absolute atomic E-state index is 0.00117. The Balaban J connectivity index is 1.66. The molecule has 0 radical (unpaired) electrons. The normalized spacial score (nSPS) is 14.9. The van der Waals surface area contributed by atoms with Gasteiger partial charge in [0.15, 0.2) is 0 Å². The van der Waals surface area contributed by atoms with Crippen LogP contribution in [0.25, 0.3) is 22.2 Å². The summed E-state index contributed by atoms with van der Waals surface area (Å²) < 4.78 is 46.4. The molecular formula is C24H27F3N6O2. The Hall–Kier alpha value is -3.63. The molecule has 1 saturated heterocycles. The van der Waals surface area contributed by atoms with E-state index in [1.165, 1.54) is 6.33 Å². The predicted octanol–water partition coefficient (Wildman–Crippen LogP) is 4.66. The second-order valence-corrected chi connectivity index (χ2v) is 9.47. The number of amides is 1. The van der Waals surface area contributed by atoms with Crippen LogP contribution in [0.2, 0.25) is 0 Å². The number of halogens is 3. The zero-order chi connectivity index (χ0) is 25.5. The van der Waals surface area contributed by atoms with Crippen molar-refractivity contribution in [2.75, 3.05) is 36.8 Å². The first-order valence-electron chi connectivity index (χ1n) is 11.2. The van der Waals surface area contributed by atoms with Gasteiger partial charge >= 0.3 is 12.3 Å². The number of aryl methyl sites for hydroxylation is 1. The lowest BCUT2D eigenvalue weighted by Crippen LogP contribution is -2.50. The van der Waals surface area contributed by atoms with Crippen molar-refractivity contribution in [3.05, 3.63) is 41.7 Å². The van der Waals surface area contributed by atoms with Gasteiger partial charge in [-0.05, 0) is 57.5 Å². The second kappa shape index (κ2) is 8.86. The standard InChI is InChI=1S/C24H27F3N6O2/c1-14-11-16-18(12-15(14)20-17(24(25,26)27)5-6-19(28)31-20)29-13-30-21(16)32-7-9-33(10-8-32)22(34)35-23(2,3)4/h5-6,11-13H,7-10H2,1-4H3,(H2,28,31). The molecule has 186 valence electrons. The lowest BCUT2D eigenvalue weighted by Gasteiger charge is -2.36. The van der Waals surface area contributed by atoms with Crippen LogP contribution in [-0.2, 0) is 10.9 Å². The number of piperazine rings is 1. The highest BCUT2D eigenvalue weighted by atomic mass is 19.4. The first kappa shape index (κ1) is 24.5. The molecule has 3 aromatic rings. The Morgan fingerprint density at radius 2 is 1.74 bits per heavy atom. The molecule has 2 aromatic heterocycles. The molecule has 0 atom stereocenters. The Morgan fingerprint density at radius 1 is 1.06 bits per heavy atom. The van der Waals surface area contributed by atoms with Gasteiger partial charge in [0.05, 0.1) is 16.8 Å². The van der Waals surface area contributed by atoms with Crippen LogP contribution in [0.5, 0.6) is 0 Å². The van der Waals surface area contributed by atoms with E-state index in [2.05, 4.69) is 15.0 Å². The monoisotopic (exact) mass is 488 g/mol. The van der Waals surface area contributed by atoms with Gasteiger partial charge in [0.25, 0.3) is 0 Å². The number of alkyl halides is 3. The lowest BCUT2D eigenvalue weighted by atomic mass is 9.98. The summed E-state index contributed by atoms with van der Waals surface area (Å²) in [5.74, 6) is 0.656. The summed E-state index contributed by atoms with van der Waals surface area (Å²) in [4.78, 5) is 28.8. The highest BCUT2D eigenvalue weighted by molar-refractivity contribution is 5.93. The molecule has 3 heterocycles. The van der Waals surface area contributed by atoms with Crippen LogP contribution < -0.4 is 10.6 Å². The first-order valence-corrected chi connectivity index (χ1v) is 11.2. The Morgan fingerprint density at radius 3 is 2.37 bits per heavy atom. The van der Waals surface area contributed by atoms with E-state index in [0.29, 0.717) is 54.0 Å². The number of carbonyl (C=O) groups excluding carboxylic acids is 1. The van der Waals surface area contributed by atoms with Crippen molar-refractivity contribution in [2.45, 2.75) is 39.5 Å². The highest BCUT2D eigenvalue weighted by Gasteiger charge is 2.35. The van der Waals surface area contributed by atoms with Crippen molar-refractivity contribution in [2.24, 2.45) is 0 Å². The van der Waals surface area contributed by atoms with Crippen LogP contribution in [0.1, 0.15) is 31.9 Å². The van der Waals surface area contributed by atoms with Gasteiger partial charge < -0.3 is 20.3 Å². The maximum absolute atomic E-state index is 13.6. The summed E-state index contributed by atoms with van der Waals surface area (Å²) in [5.41, 5.74) is 5.42. The van der Waals surface area contributed by atoms with Crippen molar-refractivity contribution < 1.29 is 22.7 Å². The number of nitrogens with zero attached hydrogens (tertiary/aromatic N) is 5. The molecule has 0 spiro atoms. The quantitative estimate of drug-likeness (QED) is 0.560. The molecule has 1 aliphatic heterocycles. The van der Waals surface area contributed by atoms with Crippen LogP contribution in [0, 0.1) is 6.92 Å². The fourth-order valence-electron chi connectivity index (χ4n) is 4.04. The number of anilines is 2. The highest BCUT2D eigenvalue weighted by Crippen LogP contribution is 2.39. The van der Waals surface area contributed by atoms with Crippen molar-refractivity contribution in [1.82, 2.24) is 19.9 Å². The zero-order valence-electron chi connectivity index (χ0n) is 20.0. The summed E-state index contributed by atoms with van der Waals surface area (Å²) in [6, 6.07) is 5.44. The average molecular weight is 489 g/mol. The van der Waals surface area contributed by atoms with Crippen LogP contribution in [0.3, 0.4) is 0 Å². The van der Waals surface area contributed by atoms with Gasteiger partial charge in [0, 0.05) is 37.1 Å². The van der Waals surface area contributed by atoms with Gasteiger partial charge in [-0.2, -0.15) is 13.2 Å². The number of rotatable bonds is 2. The topological polar surface area (TPSA) is 97.5 Å². The molecule has 11 heteroatoms. The molecular weight excluding hydrogens is 461 g/mol. The number of hydrogen-bond donors (Lipinski definition) is 1. The van der Waals surface area contributed by atoms with Crippen molar-refractivity contribution in [1.29, 1.82) is 0 Å². The number of carbonyl (C=O) groups is 1. The molecule has 1 aliphatic rings. The summed E-state index contributed by atoms with van der Waals surface area (Å²) in [5, 5.41) is 0.705. The number of ether oxygens (including phenoxy) is 1. The van der Waals surface area contributed by atoms with E-state index in [1.54, 1.807) is 24.0 Å². The molecule has 1 fully saturated rings. The van der Waals surface area contributed by atoms with Gasteiger partial charge in [-0.25, -0.2) is 19.7 Å². The first-order chi connectivity index (χ1) is 16.3. The fraction of sp³-hybridized carbons (Fsp3) is 0.417. The number of benzene rings is 1. The molecule has 0 aliphatic carbocycles. The SMILES string of the molecule is Cc1cc2c(N3CCN(C(=O)OC(C)(C)C)CC3)ncnc2cc1-c1nc(N)ccc1C(F)(F)F. The van der Waals surface area contributed by atoms with Crippen molar-refractivity contribution >= 4 is 28.6 Å². The minimum atomic E-state index is -4.58. The smallest absolute Gasteiger partial charge is 0.418 e. The maximum atomic E-state index is 13.6. The summed E-state index contributed by atoms with van der Waals surface area (Å²) >= 11 is 0. The molecule has 2 N–H and O–H groups in total. The van der Waals surface area contributed by atoms with Crippen LogP contribution in [-0.4, -0.2) is 57.7 Å². The van der Waals surface area contributed by atoms with E-state index >= 15 is 0 Å². The predicted molar refractivity (Wildman–Crippen MR) is 127 cm³/mol. The van der Waals surface area contributed by atoms with Gasteiger partial charge in [-0.1, -0.05) is 0 Å². The molecule has 0 bridgehead atoms. The van der Waals surface area contributed by atoms with E-state index in [4.69, 9.17) is 10.5 Å². The number of aromatic nitrogens is 3. The summed E-state index contributed by atoms with van der Waals surface area (Å²) in [7, 11) is 0. The van der Waals surface area contributed by atoms with E-state index in [1.807, 2.05) is 25.7 Å². The number of nitrogen functional groups attached to an aromatic ring is 1. The van der Waals surface area contributed by atoms with Crippen LogP contribution in [0.15, 0.2) is 30.6 Å². The molecule has 35 heavy (non-hydrogen) atoms. The average Bonchev–Trinajstić information content (AvgIpc) is 2.76. The summed E-state index contributed by atoms with van der Waals surface area (Å²) in [6.07, 6.45) is -3.56. The van der Waals surface area contributed by atoms with E-state index in [0.717, 1.165) is 12.1 Å². The third-order valence-corrected chi connectivity index (χ3v) is 5.67. The fourth-order valence-corrected chi connectivity index (χ4v) is 4.04. The van der Waals surface area contributed by atoms with Gasteiger partial charge in [0.1, 0.15) is 23.6 Å². The Kier molecular flexibility index (Phi) is 6.20.